The van der Waals surface area contributed by atoms with Gasteiger partial charge >= 0.3 is 0 Å². The van der Waals surface area contributed by atoms with E-state index in [0.29, 0.717) is 9.76 Å². The molecule has 2 N–H and O–H groups in total. The highest BCUT2D eigenvalue weighted by Gasteiger charge is 1.92. The van der Waals surface area contributed by atoms with Gasteiger partial charge in [-0.1, -0.05) is 30.3 Å². The van der Waals surface area contributed by atoms with Gasteiger partial charge in [0.1, 0.15) is 0 Å². The van der Waals surface area contributed by atoms with Gasteiger partial charge in [0.2, 0.25) is 9.76 Å². The highest BCUT2D eigenvalue weighted by molar-refractivity contribution is 6.26. The lowest BCUT2D eigenvalue weighted by atomic mass is 10.2. The number of hydrogen-bond donors (Lipinski definition) is 2. The van der Waals surface area contributed by atoms with Crippen molar-refractivity contribution < 1.29 is 4.43 Å². The Bertz CT molecular complexity index is 269. The van der Waals surface area contributed by atoms with Crippen LogP contribution in [0, 0.1) is 0 Å². The summed E-state index contributed by atoms with van der Waals surface area (Å²) in [6, 6.07) is 11.7. The molecule has 0 amide bonds. The molecule has 1 rings (SSSR count). The summed E-state index contributed by atoms with van der Waals surface area (Å²) >= 11 is 0. The molecule has 0 heterocycles. The van der Waals surface area contributed by atoms with E-state index < -0.39 is 0 Å². The molecule has 0 aliphatic carbocycles. The van der Waals surface area contributed by atoms with Gasteiger partial charge in [0.25, 0.3) is 0 Å². The minimum absolute atomic E-state index is 0.653. The average Bonchev–Trinajstić information content (AvgIpc) is 2.38. The van der Waals surface area contributed by atoms with Gasteiger partial charge in [0.15, 0.2) is 0 Å². The van der Waals surface area contributed by atoms with E-state index in [4.69, 9.17) is 4.43 Å². The Morgan fingerprint density at radius 2 is 1.82 bits per heavy atom. The molecule has 94 valence electrons. The highest BCUT2D eigenvalue weighted by Crippen LogP contribution is 1.96. The first-order valence-electron chi connectivity index (χ1n) is 6.14. The predicted molar refractivity (Wildman–Crippen MR) is 73.2 cm³/mol. The van der Waals surface area contributed by atoms with Crippen LogP contribution in [0.2, 0.25) is 6.04 Å². The fraction of sp³-hybridized carbons (Fsp3) is 0.538. The molecule has 0 atom stereocenters. The van der Waals surface area contributed by atoms with E-state index in [1.165, 1.54) is 18.0 Å². The molecule has 1 aromatic rings. The summed E-state index contributed by atoms with van der Waals surface area (Å²) in [7, 11) is 2.42. The van der Waals surface area contributed by atoms with Crippen molar-refractivity contribution in [2.75, 3.05) is 26.7 Å². The van der Waals surface area contributed by atoms with Gasteiger partial charge in [0.05, 0.1) is 0 Å². The van der Waals surface area contributed by atoms with Crippen molar-refractivity contribution >= 4 is 9.76 Å². The summed E-state index contributed by atoms with van der Waals surface area (Å²) in [6.45, 7) is 4.08. The minimum Gasteiger partial charge on any atom is -0.421 e. The Kier molecular flexibility index (Phi) is 8.85. The summed E-state index contributed by atoms with van der Waals surface area (Å²) in [5, 5.41) is 6.84. The third-order valence-electron chi connectivity index (χ3n) is 2.43. The Labute approximate surface area is 107 Å². The fourth-order valence-electron chi connectivity index (χ4n) is 1.52. The first-order valence-corrected chi connectivity index (χ1v) is 7.26. The van der Waals surface area contributed by atoms with Crippen LogP contribution in [-0.2, 0) is 11.0 Å². The molecule has 0 unspecified atom stereocenters. The molecule has 0 spiro atoms. The largest absolute Gasteiger partial charge is 0.421 e. The van der Waals surface area contributed by atoms with Crippen molar-refractivity contribution in [1.82, 2.24) is 10.6 Å². The highest BCUT2D eigenvalue weighted by atomic mass is 28.2. The van der Waals surface area contributed by atoms with Crippen molar-refractivity contribution in [2.24, 2.45) is 0 Å². The van der Waals surface area contributed by atoms with Gasteiger partial charge in [-0.25, -0.2) is 0 Å². The third-order valence-corrected chi connectivity index (χ3v) is 3.27. The summed E-state index contributed by atoms with van der Waals surface area (Å²) < 4.78 is 5.02. The second kappa shape index (κ2) is 10.5. The van der Waals surface area contributed by atoms with Crippen LogP contribution in [0.4, 0.5) is 0 Å². The van der Waals surface area contributed by atoms with Crippen LogP contribution in [0.1, 0.15) is 12.0 Å². The molecule has 2 radical (unpaired) electrons. The molecule has 0 aromatic heterocycles. The summed E-state index contributed by atoms with van der Waals surface area (Å²) in [5.74, 6) is 0. The van der Waals surface area contributed by atoms with Crippen molar-refractivity contribution in [3.8, 4) is 0 Å². The molecule has 0 aliphatic rings. The lowest BCUT2D eigenvalue weighted by Crippen LogP contribution is -2.27. The average molecular weight is 250 g/mol. The van der Waals surface area contributed by atoms with Crippen LogP contribution in [0.25, 0.3) is 0 Å². The summed E-state index contributed by atoms with van der Waals surface area (Å²) in [4.78, 5) is 0. The zero-order chi connectivity index (χ0) is 12.2. The molecule has 0 saturated carbocycles. The molecule has 1 aromatic carbocycles. The zero-order valence-corrected chi connectivity index (χ0v) is 11.5. The SMILES string of the molecule is CO[Si]CCCNCCNCc1ccccc1. The van der Waals surface area contributed by atoms with E-state index in [0.717, 1.165) is 26.2 Å². The number of hydrogen-bond acceptors (Lipinski definition) is 3. The van der Waals surface area contributed by atoms with Gasteiger partial charge in [-0.3, -0.25) is 0 Å². The first-order chi connectivity index (χ1) is 8.43. The van der Waals surface area contributed by atoms with Crippen LogP contribution in [0.3, 0.4) is 0 Å². The first kappa shape index (κ1) is 14.4. The fourth-order valence-corrected chi connectivity index (χ4v) is 2.04. The van der Waals surface area contributed by atoms with Crippen molar-refractivity contribution in [2.45, 2.75) is 19.0 Å². The van der Waals surface area contributed by atoms with Gasteiger partial charge in [-0.05, 0) is 24.6 Å². The lowest BCUT2D eigenvalue weighted by molar-refractivity contribution is 0.439. The van der Waals surface area contributed by atoms with E-state index in [9.17, 15) is 0 Å². The standard InChI is InChI=1S/C13H22N2OSi/c1-16-17-11-5-8-14-9-10-15-12-13-6-3-2-4-7-13/h2-4,6-7,14-15H,5,8-12H2,1H3. The summed E-state index contributed by atoms with van der Waals surface area (Å²) in [6.07, 6.45) is 1.20. The maximum Gasteiger partial charge on any atom is 0.229 e. The number of nitrogens with one attached hydrogen (secondary N) is 2. The number of rotatable bonds is 10. The van der Waals surface area contributed by atoms with Gasteiger partial charge in [-0.15, -0.1) is 0 Å². The van der Waals surface area contributed by atoms with E-state index in [1.54, 1.807) is 7.11 Å². The van der Waals surface area contributed by atoms with E-state index in [1.807, 2.05) is 6.07 Å². The molecular weight excluding hydrogens is 228 g/mol. The van der Waals surface area contributed by atoms with E-state index >= 15 is 0 Å². The Balaban J connectivity index is 1.85. The molecule has 17 heavy (non-hydrogen) atoms. The van der Waals surface area contributed by atoms with E-state index in [2.05, 4.69) is 34.9 Å². The molecular formula is C13H22N2OSi. The van der Waals surface area contributed by atoms with Gasteiger partial charge < -0.3 is 15.1 Å². The zero-order valence-electron chi connectivity index (χ0n) is 10.5. The maximum absolute atomic E-state index is 5.02. The van der Waals surface area contributed by atoms with E-state index in [-0.39, 0.29) is 0 Å². The predicted octanol–water partition coefficient (Wildman–Crippen LogP) is 1.44. The maximum atomic E-state index is 5.02. The Hall–Kier alpha value is -0.683. The van der Waals surface area contributed by atoms with Crippen molar-refractivity contribution in [3.05, 3.63) is 35.9 Å². The Morgan fingerprint density at radius 3 is 2.59 bits per heavy atom. The molecule has 4 heteroatoms. The number of benzene rings is 1. The quantitative estimate of drug-likeness (QED) is 0.487. The van der Waals surface area contributed by atoms with Gasteiger partial charge in [0, 0.05) is 26.7 Å². The Morgan fingerprint density at radius 1 is 1.06 bits per heavy atom. The molecule has 0 fully saturated rings. The van der Waals surface area contributed by atoms with Crippen LogP contribution in [0.15, 0.2) is 30.3 Å². The molecule has 0 saturated heterocycles. The van der Waals surface area contributed by atoms with Gasteiger partial charge in [-0.2, -0.15) is 0 Å². The minimum atomic E-state index is 0.653. The normalized spacial score (nSPS) is 10.6. The third kappa shape index (κ3) is 8.10. The molecule has 0 bridgehead atoms. The lowest BCUT2D eigenvalue weighted by Gasteiger charge is -2.06. The molecule has 0 aliphatic heterocycles. The molecule has 3 nitrogen and oxygen atoms in total. The van der Waals surface area contributed by atoms with Crippen LogP contribution < -0.4 is 10.6 Å². The second-order valence-corrected chi connectivity index (χ2v) is 5.06. The van der Waals surface area contributed by atoms with Crippen LogP contribution in [0.5, 0.6) is 0 Å². The monoisotopic (exact) mass is 250 g/mol. The van der Waals surface area contributed by atoms with Crippen molar-refractivity contribution in [1.29, 1.82) is 0 Å². The van der Waals surface area contributed by atoms with Crippen molar-refractivity contribution in [3.63, 3.8) is 0 Å². The summed E-state index contributed by atoms with van der Waals surface area (Å²) in [5.41, 5.74) is 1.34. The van der Waals surface area contributed by atoms with Crippen LogP contribution in [-0.4, -0.2) is 36.5 Å². The van der Waals surface area contributed by atoms with Crippen LogP contribution >= 0.6 is 0 Å². The topological polar surface area (TPSA) is 33.3 Å². The smallest absolute Gasteiger partial charge is 0.229 e. The second-order valence-electron chi connectivity index (χ2n) is 3.86.